The van der Waals surface area contributed by atoms with E-state index in [-0.39, 0.29) is 12.5 Å². The lowest BCUT2D eigenvalue weighted by Gasteiger charge is -2.01. The van der Waals surface area contributed by atoms with Crippen molar-refractivity contribution in [2.75, 3.05) is 13.2 Å². The maximum atomic E-state index is 11.4. The van der Waals surface area contributed by atoms with Gasteiger partial charge in [-0.25, -0.2) is 4.98 Å². The molecule has 1 heterocycles. The second-order valence-electron chi connectivity index (χ2n) is 4.05. The molecule has 0 aliphatic rings. The van der Waals surface area contributed by atoms with E-state index in [0.717, 1.165) is 36.4 Å². The topological polar surface area (TPSA) is 62.2 Å². The fourth-order valence-corrected chi connectivity index (χ4v) is 2.06. The first-order valence-corrected chi connectivity index (χ1v) is 7.09. The van der Waals surface area contributed by atoms with Crippen LogP contribution in [0, 0.1) is 6.92 Å². The summed E-state index contributed by atoms with van der Waals surface area (Å²) >= 11 is 1.57. The van der Waals surface area contributed by atoms with Crippen LogP contribution in [0.25, 0.3) is 6.08 Å². The Bertz CT molecular complexity index is 388. The second-order valence-corrected chi connectivity index (χ2v) is 5.12. The highest BCUT2D eigenvalue weighted by molar-refractivity contribution is 7.09. The molecule has 1 amide bonds. The third-order valence-electron chi connectivity index (χ3n) is 2.43. The van der Waals surface area contributed by atoms with Gasteiger partial charge in [-0.05, 0) is 25.8 Å². The number of carbonyl (C=O) groups excluding carboxylic acids is 1. The summed E-state index contributed by atoms with van der Waals surface area (Å²) < 4.78 is 0. The maximum Gasteiger partial charge on any atom is 0.244 e. The van der Waals surface area contributed by atoms with Gasteiger partial charge in [-0.1, -0.05) is 12.8 Å². The number of aromatic nitrogens is 1. The van der Waals surface area contributed by atoms with Crippen molar-refractivity contribution < 1.29 is 9.90 Å². The fourth-order valence-electron chi connectivity index (χ4n) is 1.48. The molecule has 5 heteroatoms. The van der Waals surface area contributed by atoms with Crippen molar-refractivity contribution in [3.8, 4) is 0 Å². The summed E-state index contributed by atoms with van der Waals surface area (Å²) in [5.41, 5.74) is 0.829. The molecule has 0 aliphatic heterocycles. The molecule has 0 bridgehead atoms. The third-order valence-corrected chi connectivity index (χ3v) is 3.22. The van der Waals surface area contributed by atoms with E-state index in [9.17, 15) is 4.79 Å². The molecule has 0 saturated heterocycles. The molecule has 0 spiro atoms. The Labute approximate surface area is 112 Å². The highest BCUT2D eigenvalue weighted by Gasteiger charge is 1.97. The van der Waals surface area contributed by atoms with Crippen LogP contribution in [0.5, 0.6) is 0 Å². The minimum atomic E-state index is -0.0807. The molecule has 2 N–H and O–H groups in total. The van der Waals surface area contributed by atoms with Crippen LogP contribution in [-0.4, -0.2) is 29.1 Å². The van der Waals surface area contributed by atoms with E-state index in [4.69, 9.17) is 5.11 Å². The van der Waals surface area contributed by atoms with Crippen molar-refractivity contribution in [1.29, 1.82) is 0 Å². The molecular weight excluding hydrogens is 248 g/mol. The molecule has 0 aromatic carbocycles. The smallest absolute Gasteiger partial charge is 0.244 e. The van der Waals surface area contributed by atoms with E-state index in [0.29, 0.717) is 6.54 Å². The monoisotopic (exact) mass is 268 g/mol. The van der Waals surface area contributed by atoms with Crippen LogP contribution in [-0.2, 0) is 4.79 Å². The van der Waals surface area contributed by atoms with E-state index in [1.807, 2.05) is 12.3 Å². The highest BCUT2D eigenvalue weighted by atomic mass is 32.1. The van der Waals surface area contributed by atoms with Crippen LogP contribution < -0.4 is 5.32 Å². The lowest BCUT2D eigenvalue weighted by molar-refractivity contribution is -0.116. The summed E-state index contributed by atoms with van der Waals surface area (Å²) in [7, 11) is 0. The predicted molar refractivity (Wildman–Crippen MR) is 74.4 cm³/mol. The van der Waals surface area contributed by atoms with E-state index in [1.165, 1.54) is 6.08 Å². The van der Waals surface area contributed by atoms with Gasteiger partial charge in [0.1, 0.15) is 0 Å². The first kappa shape index (κ1) is 14.9. The van der Waals surface area contributed by atoms with Crippen molar-refractivity contribution in [1.82, 2.24) is 10.3 Å². The van der Waals surface area contributed by atoms with Gasteiger partial charge in [0.2, 0.25) is 5.91 Å². The Balaban J connectivity index is 2.12. The third kappa shape index (κ3) is 6.51. The molecule has 18 heavy (non-hydrogen) atoms. The van der Waals surface area contributed by atoms with Crippen LogP contribution in [0.15, 0.2) is 11.5 Å². The summed E-state index contributed by atoms with van der Waals surface area (Å²) in [5.74, 6) is -0.0807. The number of hydrogen-bond donors (Lipinski definition) is 2. The highest BCUT2D eigenvalue weighted by Crippen LogP contribution is 2.08. The maximum absolute atomic E-state index is 11.4. The van der Waals surface area contributed by atoms with Gasteiger partial charge in [0.25, 0.3) is 0 Å². The number of aliphatic hydroxyl groups excluding tert-OH is 1. The first-order valence-electron chi connectivity index (χ1n) is 6.21. The molecule has 0 atom stereocenters. The summed E-state index contributed by atoms with van der Waals surface area (Å²) in [5, 5.41) is 14.4. The minimum Gasteiger partial charge on any atom is -0.396 e. The molecule has 0 saturated carbocycles. The van der Waals surface area contributed by atoms with Crippen LogP contribution in [0.3, 0.4) is 0 Å². The number of aryl methyl sites for hydroxylation is 1. The van der Waals surface area contributed by atoms with Crippen molar-refractivity contribution in [2.45, 2.75) is 32.6 Å². The summed E-state index contributed by atoms with van der Waals surface area (Å²) in [6, 6.07) is 0. The molecule has 1 aromatic rings. The van der Waals surface area contributed by atoms with E-state index in [2.05, 4.69) is 10.3 Å². The summed E-state index contributed by atoms with van der Waals surface area (Å²) in [6.45, 7) is 2.88. The zero-order chi connectivity index (χ0) is 13.2. The van der Waals surface area contributed by atoms with Crippen LogP contribution in [0.1, 0.15) is 36.4 Å². The van der Waals surface area contributed by atoms with Gasteiger partial charge in [0.05, 0.1) is 10.7 Å². The lowest BCUT2D eigenvalue weighted by atomic mass is 10.2. The standard InChI is InChI=1S/C13H20N2O2S/c1-11-15-12(10-18-11)6-7-13(17)14-8-4-2-3-5-9-16/h6-7,10,16H,2-5,8-9H2,1H3,(H,14,17)/b7-6+. The molecule has 4 nitrogen and oxygen atoms in total. The van der Waals surface area contributed by atoms with E-state index < -0.39 is 0 Å². The zero-order valence-electron chi connectivity index (χ0n) is 10.7. The molecule has 0 unspecified atom stereocenters. The van der Waals surface area contributed by atoms with Gasteiger partial charge in [-0.3, -0.25) is 4.79 Å². The minimum absolute atomic E-state index is 0.0807. The van der Waals surface area contributed by atoms with Gasteiger partial charge < -0.3 is 10.4 Å². The number of carbonyl (C=O) groups is 1. The molecule has 1 rings (SSSR count). The predicted octanol–water partition coefficient (Wildman–Crippen LogP) is 2.13. The lowest BCUT2D eigenvalue weighted by Crippen LogP contribution is -2.21. The largest absolute Gasteiger partial charge is 0.396 e. The van der Waals surface area contributed by atoms with Crippen LogP contribution in [0.2, 0.25) is 0 Å². The zero-order valence-corrected chi connectivity index (χ0v) is 11.5. The Hall–Kier alpha value is -1.20. The Morgan fingerprint density at radius 1 is 1.44 bits per heavy atom. The number of hydrogen-bond acceptors (Lipinski definition) is 4. The number of thiazole rings is 1. The molecule has 1 aromatic heterocycles. The number of rotatable bonds is 8. The Morgan fingerprint density at radius 3 is 2.89 bits per heavy atom. The second kappa shape index (κ2) is 8.83. The van der Waals surface area contributed by atoms with Crippen LogP contribution >= 0.6 is 11.3 Å². The summed E-state index contributed by atoms with van der Waals surface area (Å²) in [6.07, 6.45) is 7.09. The quantitative estimate of drug-likeness (QED) is 0.561. The first-order chi connectivity index (χ1) is 8.72. The Morgan fingerprint density at radius 2 is 2.22 bits per heavy atom. The van der Waals surface area contributed by atoms with Gasteiger partial charge >= 0.3 is 0 Å². The van der Waals surface area contributed by atoms with Crippen molar-refractivity contribution in [2.24, 2.45) is 0 Å². The van der Waals surface area contributed by atoms with Gasteiger partial charge in [-0.2, -0.15) is 0 Å². The molecule has 100 valence electrons. The fraction of sp³-hybridized carbons (Fsp3) is 0.538. The number of amides is 1. The average Bonchev–Trinajstić information content (AvgIpc) is 2.77. The van der Waals surface area contributed by atoms with Crippen molar-refractivity contribution in [3.05, 3.63) is 22.2 Å². The normalized spacial score (nSPS) is 11.0. The van der Waals surface area contributed by atoms with E-state index >= 15 is 0 Å². The SMILES string of the molecule is Cc1nc(/C=C/C(=O)NCCCCCCO)cs1. The number of unbranched alkanes of at least 4 members (excludes halogenated alkanes) is 3. The molecule has 0 aliphatic carbocycles. The number of nitrogens with one attached hydrogen (secondary N) is 1. The number of nitrogens with zero attached hydrogens (tertiary/aromatic N) is 1. The Kier molecular flexibility index (Phi) is 7.29. The van der Waals surface area contributed by atoms with Crippen molar-refractivity contribution >= 4 is 23.3 Å². The van der Waals surface area contributed by atoms with Gasteiger partial charge in [0.15, 0.2) is 0 Å². The van der Waals surface area contributed by atoms with Gasteiger partial charge in [0, 0.05) is 24.6 Å². The number of aliphatic hydroxyl groups is 1. The molecular formula is C13H20N2O2S. The summed E-state index contributed by atoms with van der Waals surface area (Å²) in [4.78, 5) is 15.7. The van der Waals surface area contributed by atoms with Crippen LogP contribution in [0.4, 0.5) is 0 Å². The average molecular weight is 268 g/mol. The van der Waals surface area contributed by atoms with Crippen molar-refractivity contribution in [3.63, 3.8) is 0 Å². The molecule has 0 radical (unpaired) electrons. The molecule has 0 fully saturated rings. The van der Waals surface area contributed by atoms with Gasteiger partial charge in [-0.15, -0.1) is 11.3 Å². The van der Waals surface area contributed by atoms with E-state index in [1.54, 1.807) is 17.4 Å².